The van der Waals surface area contributed by atoms with E-state index in [4.69, 9.17) is 4.74 Å². The summed E-state index contributed by atoms with van der Waals surface area (Å²) >= 11 is 0. The van der Waals surface area contributed by atoms with Crippen LogP contribution in [0.5, 0.6) is 0 Å². The molecule has 0 amide bonds. The molecule has 0 spiro atoms. The van der Waals surface area contributed by atoms with Crippen LogP contribution in [0.4, 0.5) is 0 Å². The lowest BCUT2D eigenvalue weighted by Gasteiger charge is -2.00. The van der Waals surface area contributed by atoms with E-state index in [-0.39, 0.29) is 5.97 Å². The van der Waals surface area contributed by atoms with Crippen LogP contribution in [0.1, 0.15) is 26.2 Å². The Morgan fingerprint density at radius 3 is 3.11 bits per heavy atom. The zero-order chi connectivity index (χ0) is 6.69. The second-order valence-corrected chi connectivity index (χ2v) is 2.65. The van der Waals surface area contributed by atoms with Gasteiger partial charge in [-0.2, -0.15) is 0 Å². The van der Waals surface area contributed by atoms with Crippen LogP contribution in [0.25, 0.3) is 0 Å². The van der Waals surface area contributed by atoms with Gasteiger partial charge in [-0.1, -0.05) is 6.92 Å². The highest BCUT2D eigenvalue weighted by molar-refractivity contribution is 5.69. The lowest BCUT2D eigenvalue weighted by molar-refractivity contribution is -0.142. The van der Waals surface area contributed by atoms with E-state index in [1.807, 2.05) is 0 Å². The fourth-order valence-electron chi connectivity index (χ4n) is 0.955. The fraction of sp³-hybridized carbons (Fsp3) is 0.857. The molecule has 2 nitrogen and oxygen atoms in total. The molecule has 1 rings (SSSR count). The SMILES string of the molecule is C[C@@H]1CCOC(=O)CC1. The summed E-state index contributed by atoms with van der Waals surface area (Å²) in [5.41, 5.74) is 0. The van der Waals surface area contributed by atoms with Gasteiger partial charge in [-0.3, -0.25) is 4.79 Å². The van der Waals surface area contributed by atoms with Crippen LogP contribution >= 0.6 is 0 Å². The predicted molar refractivity (Wildman–Crippen MR) is 34.0 cm³/mol. The van der Waals surface area contributed by atoms with Crippen molar-refractivity contribution in [3.8, 4) is 0 Å². The number of ether oxygens (including phenoxy) is 1. The van der Waals surface area contributed by atoms with E-state index in [9.17, 15) is 4.79 Å². The van der Waals surface area contributed by atoms with E-state index >= 15 is 0 Å². The van der Waals surface area contributed by atoms with E-state index in [2.05, 4.69) is 6.92 Å². The van der Waals surface area contributed by atoms with Crippen LogP contribution < -0.4 is 0 Å². The molecule has 0 radical (unpaired) electrons. The van der Waals surface area contributed by atoms with Gasteiger partial charge in [0.25, 0.3) is 0 Å². The highest BCUT2D eigenvalue weighted by Crippen LogP contribution is 2.14. The highest BCUT2D eigenvalue weighted by atomic mass is 16.5. The summed E-state index contributed by atoms with van der Waals surface area (Å²) < 4.78 is 4.83. The van der Waals surface area contributed by atoms with E-state index in [1.54, 1.807) is 0 Å². The summed E-state index contributed by atoms with van der Waals surface area (Å²) in [5.74, 6) is 0.635. The van der Waals surface area contributed by atoms with Gasteiger partial charge in [-0.05, 0) is 18.8 Å². The van der Waals surface area contributed by atoms with Crippen LogP contribution in [0, 0.1) is 5.92 Å². The maximum Gasteiger partial charge on any atom is 0.305 e. The average Bonchev–Trinajstić information content (AvgIpc) is 1.97. The van der Waals surface area contributed by atoms with Gasteiger partial charge in [-0.15, -0.1) is 0 Å². The zero-order valence-corrected chi connectivity index (χ0v) is 5.72. The summed E-state index contributed by atoms with van der Waals surface area (Å²) in [6.07, 6.45) is 2.64. The molecule has 1 aliphatic rings. The van der Waals surface area contributed by atoms with Crippen LogP contribution in [-0.2, 0) is 9.53 Å². The monoisotopic (exact) mass is 128 g/mol. The number of cyclic esters (lactones) is 1. The van der Waals surface area contributed by atoms with Crippen molar-refractivity contribution in [2.24, 2.45) is 5.92 Å². The van der Waals surface area contributed by atoms with Crippen molar-refractivity contribution in [3.05, 3.63) is 0 Å². The first-order valence-corrected chi connectivity index (χ1v) is 3.44. The molecule has 0 N–H and O–H groups in total. The lowest BCUT2D eigenvalue weighted by atomic mass is 10.0. The van der Waals surface area contributed by atoms with Crippen molar-refractivity contribution < 1.29 is 9.53 Å². The molecule has 9 heavy (non-hydrogen) atoms. The van der Waals surface area contributed by atoms with Gasteiger partial charge in [-0.25, -0.2) is 0 Å². The Hall–Kier alpha value is -0.530. The van der Waals surface area contributed by atoms with Crippen LogP contribution in [0.3, 0.4) is 0 Å². The second kappa shape index (κ2) is 2.85. The summed E-state index contributed by atoms with van der Waals surface area (Å²) in [5, 5.41) is 0. The van der Waals surface area contributed by atoms with Crippen molar-refractivity contribution in [2.45, 2.75) is 26.2 Å². The van der Waals surface area contributed by atoms with Crippen molar-refractivity contribution in [1.82, 2.24) is 0 Å². The van der Waals surface area contributed by atoms with E-state index in [0.29, 0.717) is 18.9 Å². The Bertz CT molecular complexity index is 109. The first kappa shape index (κ1) is 6.59. The van der Waals surface area contributed by atoms with Crippen molar-refractivity contribution in [2.75, 3.05) is 6.61 Å². The van der Waals surface area contributed by atoms with Gasteiger partial charge >= 0.3 is 5.97 Å². The predicted octanol–water partition coefficient (Wildman–Crippen LogP) is 1.35. The molecule has 0 saturated carbocycles. The standard InChI is InChI=1S/C7H12O2/c1-6-2-3-7(8)9-5-4-6/h6H,2-5H2,1H3/t6-/m0/s1. The largest absolute Gasteiger partial charge is 0.466 e. The quantitative estimate of drug-likeness (QED) is 0.460. The van der Waals surface area contributed by atoms with E-state index in [0.717, 1.165) is 12.8 Å². The normalized spacial score (nSPS) is 29.0. The molecule has 0 aliphatic carbocycles. The first-order chi connectivity index (χ1) is 4.29. The van der Waals surface area contributed by atoms with Gasteiger partial charge in [0.2, 0.25) is 0 Å². The molecule has 2 heteroatoms. The smallest absolute Gasteiger partial charge is 0.305 e. The van der Waals surface area contributed by atoms with Crippen molar-refractivity contribution in [3.63, 3.8) is 0 Å². The van der Waals surface area contributed by atoms with Crippen LogP contribution in [-0.4, -0.2) is 12.6 Å². The molecule has 1 heterocycles. The third kappa shape index (κ3) is 2.04. The number of esters is 1. The Morgan fingerprint density at radius 2 is 2.33 bits per heavy atom. The Kier molecular flexibility index (Phi) is 2.09. The van der Waals surface area contributed by atoms with Gasteiger partial charge in [0.1, 0.15) is 0 Å². The van der Waals surface area contributed by atoms with Gasteiger partial charge in [0.05, 0.1) is 6.61 Å². The van der Waals surface area contributed by atoms with Gasteiger partial charge in [0.15, 0.2) is 0 Å². The number of carbonyl (C=O) groups excluding carboxylic acids is 1. The van der Waals surface area contributed by atoms with Crippen molar-refractivity contribution in [1.29, 1.82) is 0 Å². The molecule has 0 aromatic rings. The summed E-state index contributed by atoms with van der Waals surface area (Å²) in [7, 11) is 0. The van der Waals surface area contributed by atoms with E-state index < -0.39 is 0 Å². The number of carbonyl (C=O) groups is 1. The topological polar surface area (TPSA) is 26.3 Å². The molecule has 0 unspecified atom stereocenters. The second-order valence-electron chi connectivity index (χ2n) is 2.65. The maximum absolute atomic E-state index is 10.6. The molecule has 0 aromatic heterocycles. The van der Waals surface area contributed by atoms with E-state index in [1.165, 1.54) is 0 Å². The molecule has 1 saturated heterocycles. The van der Waals surface area contributed by atoms with Crippen LogP contribution in [0.15, 0.2) is 0 Å². The molecular weight excluding hydrogens is 116 g/mol. The molecule has 1 aliphatic heterocycles. The number of hydrogen-bond acceptors (Lipinski definition) is 2. The first-order valence-electron chi connectivity index (χ1n) is 3.44. The van der Waals surface area contributed by atoms with Crippen molar-refractivity contribution >= 4 is 5.97 Å². The number of rotatable bonds is 0. The summed E-state index contributed by atoms with van der Waals surface area (Å²) in [6.45, 7) is 2.78. The summed E-state index contributed by atoms with van der Waals surface area (Å²) in [4.78, 5) is 10.6. The number of hydrogen-bond donors (Lipinski definition) is 0. The Balaban J connectivity index is 2.34. The Morgan fingerprint density at radius 1 is 1.56 bits per heavy atom. The third-order valence-corrected chi connectivity index (χ3v) is 1.71. The Labute approximate surface area is 55.2 Å². The molecule has 1 fully saturated rings. The molecule has 52 valence electrons. The zero-order valence-electron chi connectivity index (χ0n) is 5.72. The molecule has 0 aromatic carbocycles. The lowest BCUT2D eigenvalue weighted by Crippen LogP contribution is -2.00. The minimum absolute atomic E-state index is 0.0284. The van der Waals surface area contributed by atoms with Gasteiger partial charge in [0, 0.05) is 6.42 Å². The minimum Gasteiger partial charge on any atom is -0.466 e. The highest BCUT2D eigenvalue weighted by Gasteiger charge is 2.12. The van der Waals surface area contributed by atoms with Gasteiger partial charge < -0.3 is 4.74 Å². The molecule has 1 atom stereocenters. The average molecular weight is 128 g/mol. The maximum atomic E-state index is 10.6. The minimum atomic E-state index is -0.0284. The summed E-state index contributed by atoms with van der Waals surface area (Å²) in [6, 6.07) is 0. The molecule has 0 bridgehead atoms. The fourth-order valence-corrected chi connectivity index (χ4v) is 0.955. The van der Waals surface area contributed by atoms with Crippen LogP contribution in [0.2, 0.25) is 0 Å². The third-order valence-electron chi connectivity index (χ3n) is 1.71. The molecular formula is C7H12O2.